The number of unbranched alkanes of at least 4 members (excludes halogenated alkanes) is 6. The second-order valence-corrected chi connectivity index (χ2v) is 11.0. The smallest absolute Gasteiger partial charge is 1.00 e. The molecule has 152 valence electrons. The monoisotopic (exact) mass is 486 g/mol. The average Bonchev–Trinajstić information content (AvgIpc) is 3.13. The van der Waals surface area contributed by atoms with Crippen LogP contribution in [0.4, 0.5) is 0 Å². The van der Waals surface area contributed by atoms with Gasteiger partial charge in [0.25, 0.3) is 0 Å². The van der Waals surface area contributed by atoms with E-state index in [4.69, 9.17) is 0 Å². The van der Waals surface area contributed by atoms with Gasteiger partial charge in [0.05, 0.1) is 0 Å². The number of rotatable bonds is 12. The Morgan fingerprint density at radius 2 is 1.07 bits per heavy atom. The van der Waals surface area contributed by atoms with Gasteiger partial charge in [0.1, 0.15) is 0 Å². The largest absolute Gasteiger partial charge is 1.00 e. The summed E-state index contributed by atoms with van der Waals surface area (Å²) in [6.07, 6.45) is 21.4. The van der Waals surface area contributed by atoms with E-state index < -0.39 is 23.2 Å². The molecule has 0 aromatic rings. The zero-order valence-electron chi connectivity index (χ0n) is 17.9. The first-order valence-electron chi connectivity index (χ1n) is 10.7. The number of halogens is 2. The maximum absolute atomic E-state index is 2.56. The normalized spacial score (nSPS) is 16.0. The first kappa shape index (κ1) is 27.4. The molecule has 0 saturated carbocycles. The van der Waals surface area contributed by atoms with Gasteiger partial charge >= 0.3 is 169 Å². The molecule has 0 N–H and O–H groups in total. The van der Waals surface area contributed by atoms with Crippen molar-refractivity contribution in [2.45, 2.75) is 105 Å². The Balaban J connectivity index is 0.00000338. The van der Waals surface area contributed by atoms with Gasteiger partial charge in [0, 0.05) is 0 Å². The third-order valence-corrected chi connectivity index (χ3v) is 10.6. The Morgan fingerprint density at radius 3 is 1.44 bits per heavy atom. The second-order valence-electron chi connectivity index (χ2n) is 7.92. The van der Waals surface area contributed by atoms with Crippen LogP contribution in [-0.2, 0) is 23.2 Å². The predicted molar refractivity (Wildman–Crippen MR) is 108 cm³/mol. The van der Waals surface area contributed by atoms with Crippen molar-refractivity contribution < 1.29 is 48.0 Å². The summed E-state index contributed by atoms with van der Waals surface area (Å²) in [7, 11) is 0. The van der Waals surface area contributed by atoms with Crippen LogP contribution in [0.3, 0.4) is 0 Å². The Hall–Kier alpha value is 0.423. The molecule has 2 aliphatic carbocycles. The van der Waals surface area contributed by atoms with E-state index in [0.29, 0.717) is 0 Å². The minimum absolute atomic E-state index is 0. The summed E-state index contributed by atoms with van der Waals surface area (Å²) in [6, 6.07) is 0. The van der Waals surface area contributed by atoms with Crippen LogP contribution in [0.15, 0.2) is 41.0 Å². The van der Waals surface area contributed by atoms with E-state index in [9.17, 15) is 0 Å². The van der Waals surface area contributed by atoms with Gasteiger partial charge in [-0.2, -0.15) is 0 Å². The first-order valence-corrected chi connectivity index (χ1v) is 13.2. The molecule has 3 heteroatoms. The molecule has 27 heavy (non-hydrogen) atoms. The predicted octanol–water partition coefficient (Wildman–Crippen LogP) is 2.23. The van der Waals surface area contributed by atoms with Crippen molar-refractivity contribution in [3.8, 4) is 0 Å². The molecule has 0 unspecified atom stereocenters. The van der Waals surface area contributed by atoms with Crippen molar-refractivity contribution in [3.63, 3.8) is 0 Å². The third-order valence-electron chi connectivity index (χ3n) is 5.65. The molecular formula is C24H38Cl2Zr. The molecule has 0 atom stereocenters. The quantitative estimate of drug-likeness (QED) is 0.370. The molecule has 0 amide bonds. The van der Waals surface area contributed by atoms with E-state index in [-0.39, 0.29) is 24.8 Å². The summed E-state index contributed by atoms with van der Waals surface area (Å²) < 4.78 is 3.71. The van der Waals surface area contributed by atoms with E-state index in [0.717, 1.165) is 0 Å². The maximum Gasteiger partial charge on any atom is -1.00 e. The van der Waals surface area contributed by atoms with Gasteiger partial charge in [-0.25, -0.2) is 0 Å². The van der Waals surface area contributed by atoms with Crippen LogP contribution < -0.4 is 24.8 Å². The van der Waals surface area contributed by atoms with Crippen molar-refractivity contribution in [3.05, 3.63) is 41.0 Å². The molecule has 0 bridgehead atoms. The van der Waals surface area contributed by atoms with Crippen LogP contribution >= 0.6 is 0 Å². The Kier molecular flexibility index (Phi) is 15.5. The van der Waals surface area contributed by atoms with E-state index in [1.807, 2.05) is 6.56 Å². The minimum atomic E-state index is -0.615. The van der Waals surface area contributed by atoms with Gasteiger partial charge in [-0.15, -0.1) is 0 Å². The Bertz CT molecular complexity index is 517. The number of hydrogen-bond donors (Lipinski definition) is 0. The van der Waals surface area contributed by atoms with Crippen LogP contribution in [0.25, 0.3) is 0 Å². The van der Waals surface area contributed by atoms with Gasteiger partial charge in [-0.05, 0) is 0 Å². The molecule has 0 spiro atoms. The third kappa shape index (κ3) is 8.76. The van der Waals surface area contributed by atoms with Gasteiger partial charge in [-0.1, -0.05) is 0 Å². The van der Waals surface area contributed by atoms with Crippen LogP contribution in [0.5, 0.6) is 0 Å². The number of allylic oxidation sites excluding steroid dienone is 8. The summed E-state index contributed by atoms with van der Waals surface area (Å²) in [5.41, 5.74) is 6.90. The van der Waals surface area contributed by atoms with Crippen LogP contribution in [0.1, 0.15) is 105 Å². The zero-order valence-corrected chi connectivity index (χ0v) is 21.9. The minimum Gasteiger partial charge on any atom is -1.00 e. The second kappa shape index (κ2) is 15.3. The first-order chi connectivity index (χ1) is 12.2. The van der Waals surface area contributed by atoms with Crippen molar-refractivity contribution in [1.29, 1.82) is 0 Å². The Labute approximate surface area is 192 Å². The molecule has 2 aliphatic rings. The van der Waals surface area contributed by atoms with E-state index >= 15 is 0 Å². The van der Waals surface area contributed by atoms with Crippen molar-refractivity contribution in [2.75, 3.05) is 0 Å². The maximum atomic E-state index is 2.56. The number of hydrogen-bond acceptors (Lipinski definition) is 0. The van der Waals surface area contributed by atoms with Crippen LogP contribution in [0.2, 0.25) is 0 Å². The van der Waals surface area contributed by atoms with E-state index in [1.54, 1.807) is 22.3 Å². The van der Waals surface area contributed by atoms with Gasteiger partial charge in [0.2, 0.25) is 0 Å². The van der Waals surface area contributed by atoms with E-state index in [1.165, 1.54) is 77.0 Å². The van der Waals surface area contributed by atoms with Crippen LogP contribution in [0, 0.1) is 0 Å². The summed E-state index contributed by atoms with van der Waals surface area (Å²) in [6.45, 7) is 9.42. The molecule has 0 aliphatic heterocycles. The summed E-state index contributed by atoms with van der Waals surface area (Å²) in [5, 5.41) is 0. The molecule has 0 aromatic carbocycles. The molecule has 0 aromatic heterocycles. The summed E-state index contributed by atoms with van der Waals surface area (Å²) in [4.78, 5) is 0. The standard InChI is InChI=1S/2C12H19.2ClH.Zr/c2*1-3-4-5-6-7-12-9-8-11(2)10-12;;;/h2*9H,3-8H2,1-2H3;2*1H;/q;;;;+2/p-2. The fourth-order valence-electron chi connectivity index (χ4n) is 3.95. The van der Waals surface area contributed by atoms with Crippen molar-refractivity contribution >= 4 is 0 Å². The summed E-state index contributed by atoms with van der Waals surface area (Å²) in [5.74, 6) is 0. The average molecular weight is 489 g/mol. The fourth-order valence-corrected chi connectivity index (χ4v) is 8.02. The van der Waals surface area contributed by atoms with Crippen LogP contribution in [-0.4, -0.2) is 0 Å². The van der Waals surface area contributed by atoms with Gasteiger partial charge in [0.15, 0.2) is 0 Å². The SMILES string of the molecule is CCCCCCC1=CCC(C)=[C]1[Zr+2][C]1=C(C)CC=C1CCCCCC.[Cl-].[Cl-]. The van der Waals surface area contributed by atoms with Gasteiger partial charge in [-0.3, -0.25) is 0 Å². The van der Waals surface area contributed by atoms with Crippen molar-refractivity contribution in [1.82, 2.24) is 0 Å². The molecular weight excluding hydrogens is 450 g/mol. The molecule has 0 heterocycles. The molecule has 0 nitrogen and oxygen atoms in total. The van der Waals surface area contributed by atoms with Crippen molar-refractivity contribution in [2.24, 2.45) is 0 Å². The Morgan fingerprint density at radius 1 is 0.667 bits per heavy atom. The summed E-state index contributed by atoms with van der Waals surface area (Å²) >= 11 is -0.615. The molecule has 0 fully saturated rings. The molecule has 0 saturated heterocycles. The molecule has 0 radical (unpaired) electrons. The van der Waals surface area contributed by atoms with E-state index in [2.05, 4.69) is 39.8 Å². The zero-order chi connectivity index (χ0) is 18.1. The topological polar surface area (TPSA) is 0 Å². The fraction of sp³-hybridized carbons (Fsp3) is 0.667. The molecule has 2 rings (SSSR count). The van der Waals surface area contributed by atoms with Gasteiger partial charge < -0.3 is 24.8 Å².